The van der Waals surface area contributed by atoms with Crippen molar-refractivity contribution in [1.82, 2.24) is 5.32 Å². The van der Waals surface area contributed by atoms with Gasteiger partial charge in [0.25, 0.3) is 0 Å². The molecule has 0 spiro atoms. The van der Waals surface area contributed by atoms with Gasteiger partial charge >= 0.3 is 0 Å². The molecule has 0 unspecified atom stereocenters. The summed E-state index contributed by atoms with van der Waals surface area (Å²) in [5.41, 5.74) is 1.01. The number of hydrogen-bond donors (Lipinski definition) is 1. The molecule has 0 aromatic heterocycles. The summed E-state index contributed by atoms with van der Waals surface area (Å²) in [5, 5.41) is 2.77. The van der Waals surface area contributed by atoms with E-state index in [1.807, 2.05) is 37.3 Å². The first-order valence-corrected chi connectivity index (χ1v) is 7.77. The lowest BCUT2D eigenvalue weighted by molar-refractivity contribution is -0.120. The predicted molar refractivity (Wildman–Crippen MR) is 84.9 cm³/mol. The summed E-state index contributed by atoms with van der Waals surface area (Å²) in [7, 11) is 0. The molecule has 1 N–H and O–H groups in total. The van der Waals surface area contributed by atoms with Crippen molar-refractivity contribution in [2.45, 2.75) is 23.5 Å². The van der Waals surface area contributed by atoms with Crippen molar-refractivity contribution >= 4 is 17.7 Å². The number of nitrogens with one attached hydrogen (secondary N) is 1. The van der Waals surface area contributed by atoms with E-state index in [1.54, 1.807) is 12.1 Å². The van der Waals surface area contributed by atoms with Gasteiger partial charge in [0.1, 0.15) is 5.82 Å². The summed E-state index contributed by atoms with van der Waals surface area (Å²) in [5.74, 6) is -0.221. The lowest BCUT2D eigenvalue weighted by Crippen LogP contribution is -2.32. The molecule has 0 fully saturated rings. The fourth-order valence-electron chi connectivity index (χ4n) is 1.88. The van der Waals surface area contributed by atoms with Gasteiger partial charge in [-0.25, -0.2) is 4.39 Å². The molecule has 0 aliphatic carbocycles. The van der Waals surface area contributed by atoms with E-state index in [2.05, 4.69) is 5.32 Å². The Morgan fingerprint density at radius 1 is 1.14 bits per heavy atom. The van der Waals surface area contributed by atoms with Gasteiger partial charge in [-0.2, -0.15) is 0 Å². The minimum absolute atomic E-state index is 0.0194. The number of hydrogen-bond acceptors (Lipinski definition) is 2. The van der Waals surface area contributed by atoms with Crippen LogP contribution in [-0.4, -0.2) is 17.7 Å². The lowest BCUT2D eigenvalue weighted by Gasteiger charge is -2.12. The molecule has 2 aromatic rings. The highest BCUT2D eigenvalue weighted by Crippen LogP contribution is 2.22. The van der Waals surface area contributed by atoms with Crippen LogP contribution in [0.1, 0.15) is 12.5 Å². The van der Waals surface area contributed by atoms with Gasteiger partial charge in [-0.15, -0.1) is 11.8 Å². The van der Waals surface area contributed by atoms with Crippen molar-refractivity contribution in [3.63, 3.8) is 0 Å². The molecule has 1 amide bonds. The minimum Gasteiger partial charge on any atom is -0.355 e. The summed E-state index contributed by atoms with van der Waals surface area (Å²) in [6.07, 6.45) is 0.703. The largest absolute Gasteiger partial charge is 0.355 e. The molecule has 0 aliphatic heterocycles. The zero-order valence-corrected chi connectivity index (χ0v) is 12.7. The Morgan fingerprint density at radius 3 is 2.48 bits per heavy atom. The fraction of sp³-hybridized carbons (Fsp3) is 0.235. The van der Waals surface area contributed by atoms with E-state index >= 15 is 0 Å². The zero-order valence-electron chi connectivity index (χ0n) is 11.9. The van der Waals surface area contributed by atoms with Gasteiger partial charge in [0.05, 0.1) is 5.25 Å². The number of thioether (sulfide) groups is 1. The Labute approximate surface area is 128 Å². The van der Waals surface area contributed by atoms with Gasteiger partial charge < -0.3 is 5.32 Å². The van der Waals surface area contributed by atoms with Crippen LogP contribution in [0, 0.1) is 5.82 Å². The second-order valence-corrected chi connectivity index (χ2v) is 6.15. The Balaban J connectivity index is 1.75. The number of carbonyl (C=O) groups excluding carboxylic acids is 1. The van der Waals surface area contributed by atoms with Crippen LogP contribution in [0.4, 0.5) is 4.39 Å². The van der Waals surface area contributed by atoms with Gasteiger partial charge in [-0.05, 0) is 43.2 Å². The van der Waals surface area contributed by atoms with Crippen LogP contribution in [-0.2, 0) is 11.2 Å². The molecular weight excluding hydrogens is 285 g/mol. The first kappa shape index (κ1) is 15.6. The monoisotopic (exact) mass is 303 g/mol. The Bertz CT molecular complexity index is 571. The van der Waals surface area contributed by atoms with Crippen LogP contribution < -0.4 is 5.32 Å². The highest BCUT2D eigenvalue weighted by Gasteiger charge is 2.13. The van der Waals surface area contributed by atoms with Crippen molar-refractivity contribution in [2.24, 2.45) is 0 Å². The predicted octanol–water partition coefficient (Wildman–Crippen LogP) is 3.67. The standard InChI is InChI=1S/C17H18FNOS/c1-13(21-16-5-3-2-4-6-16)17(20)19-12-11-14-7-9-15(18)10-8-14/h2-10,13H,11-12H2,1H3,(H,19,20)/t13-/m0/s1. The molecule has 0 aliphatic rings. The third-order valence-corrected chi connectivity index (χ3v) is 4.16. The van der Waals surface area contributed by atoms with E-state index in [-0.39, 0.29) is 17.0 Å². The third kappa shape index (κ3) is 5.23. The molecule has 110 valence electrons. The summed E-state index contributed by atoms with van der Waals surface area (Å²) >= 11 is 1.54. The minimum atomic E-state index is -0.240. The molecule has 21 heavy (non-hydrogen) atoms. The van der Waals surface area contributed by atoms with Gasteiger partial charge in [-0.3, -0.25) is 4.79 Å². The maximum Gasteiger partial charge on any atom is 0.233 e. The van der Waals surface area contributed by atoms with Crippen LogP contribution >= 0.6 is 11.8 Å². The normalized spacial score (nSPS) is 11.9. The lowest BCUT2D eigenvalue weighted by atomic mass is 10.1. The van der Waals surface area contributed by atoms with Crippen molar-refractivity contribution in [3.05, 3.63) is 66.0 Å². The van der Waals surface area contributed by atoms with Crippen LogP contribution in [0.25, 0.3) is 0 Å². The molecule has 1 atom stereocenters. The van der Waals surface area contributed by atoms with E-state index in [1.165, 1.54) is 23.9 Å². The second-order valence-electron chi connectivity index (χ2n) is 4.74. The molecule has 0 saturated heterocycles. The number of benzene rings is 2. The molecule has 4 heteroatoms. The molecule has 2 aromatic carbocycles. The number of carbonyl (C=O) groups is 1. The topological polar surface area (TPSA) is 29.1 Å². The summed E-state index contributed by atoms with van der Waals surface area (Å²) in [6.45, 7) is 2.45. The van der Waals surface area contributed by atoms with Gasteiger partial charge in [0.15, 0.2) is 0 Å². The number of amides is 1. The quantitative estimate of drug-likeness (QED) is 0.825. The van der Waals surface area contributed by atoms with Crippen LogP contribution in [0.2, 0.25) is 0 Å². The highest BCUT2D eigenvalue weighted by molar-refractivity contribution is 8.00. The van der Waals surface area contributed by atoms with Crippen molar-refractivity contribution < 1.29 is 9.18 Å². The molecule has 2 rings (SSSR count). The van der Waals surface area contributed by atoms with Crippen molar-refractivity contribution in [2.75, 3.05) is 6.54 Å². The van der Waals surface area contributed by atoms with Crippen LogP contribution in [0.3, 0.4) is 0 Å². The molecule has 2 nitrogen and oxygen atoms in total. The first-order chi connectivity index (χ1) is 10.1. The molecule has 0 bridgehead atoms. The molecular formula is C17H18FNOS. The highest BCUT2D eigenvalue weighted by atomic mass is 32.2. The fourth-order valence-corrected chi connectivity index (χ4v) is 2.79. The SMILES string of the molecule is C[C@H](Sc1ccccc1)C(=O)NCCc1ccc(F)cc1. The average molecular weight is 303 g/mol. The number of rotatable bonds is 6. The van der Waals surface area contributed by atoms with E-state index < -0.39 is 0 Å². The molecule has 0 radical (unpaired) electrons. The first-order valence-electron chi connectivity index (χ1n) is 6.89. The van der Waals surface area contributed by atoms with E-state index in [0.717, 1.165) is 10.5 Å². The zero-order chi connectivity index (χ0) is 15.1. The summed E-state index contributed by atoms with van der Waals surface area (Å²) < 4.78 is 12.8. The Hall–Kier alpha value is -1.81. The van der Waals surface area contributed by atoms with Crippen molar-refractivity contribution in [3.8, 4) is 0 Å². The van der Waals surface area contributed by atoms with E-state index in [4.69, 9.17) is 0 Å². The van der Waals surface area contributed by atoms with Gasteiger partial charge in [0.2, 0.25) is 5.91 Å². The van der Waals surface area contributed by atoms with Gasteiger partial charge in [-0.1, -0.05) is 30.3 Å². The molecule has 0 heterocycles. The summed E-state index contributed by atoms with van der Waals surface area (Å²) in [6, 6.07) is 16.2. The third-order valence-electron chi connectivity index (χ3n) is 3.05. The van der Waals surface area contributed by atoms with Crippen LogP contribution in [0.5, 0.6) is 0 Å². The van der Waals surface area contributed by atoms with E-state index in [9.17, 15) is 9.18 Å². The average Bonchev–Trinajstić information content (AvgIpc) is 2.50. The Morgan fingerprint density at radius 2 is 1.81 bits per heavy atom. The smallest absolute Gasteiger partial charge is 0.233 e. The van der Waals surface area contributed by atoms with E-state index in [0.29, 0.717) is 13.0 Å². The maximum absolute atomic E-state index is 12.8. The maximum atomic E-state index is 12.8. The Kier molecular flexibility index (Phi) is 5.81. The van der Waals surface area contributed by atoms with Crippen molar-refractivity contribution in [1.29, 1.82) is 0 Å². The van der Waals surface area contributed by atoms with Crippen LogP contribution in [0.15, 0.2) is 59.5 Å². The summed E-state index contributed by atoms with van der Waals surface area (Å²) in [4.78, 5) is 13.1. The van der Waals surface area contributed by atoms with Gasteiger partial charge in [0, 0.05) is 11.4 Å². The number of halogens is 1. The molecule has 0 saturated carbocycles. The second kappa shape index (κ2) is 7.84.